The van der Waals surface area contributed by atoms with Crippen molar-refractivity contribution in [1.29, 1.82) is 10.5 Å². The zero-order valence-electron chi connectivity index (χ0n) is 51.8. The van der Waals surface area contributed by atoms with Gasteiger partial charge in [0.2, 0.25) is 0 Å². The Hall–Kier alpha value is -13.4. The first-order chi connectivity index (χ1) is 47.5. The number of nitriles is 2. The van der Waals surface area contributed by atoms with Gasteiger partial charge in [0.1, 0.15) is 0 Å². The van der Waals surface area contributed by atoms with Crippen LogP contribution in [0.4, 0.5) is 0 Å². The number of benzene rings is 14. The molecule has 2 aromatic heterocycles. The summed E-state index contributed by atoms with van der Waals surface area (Å²) in [5.41, 5.74) is 21.1. The summed E-state index contributed by atoms with van der Waals surface area (Å²) in [6.45, 7) is 0. The molecule has 0 atom stereocenters. The summed E-state index contributed by atoms with van der Waals surface area (Å²) >= 11 is 0. The highest BCUT2D eigenvalue weighted by Gasteiger charge is 2.21. The van der Waals surface area contributed by atoms with Crippen molar-refractivity contribution in [3.8, 4) is 158 Å². The third-order valence-corrected chi connectivity index (χ3v) is 17.7. The van der Waals surface area contributed by atoms with Crippen molar-refractivity contribution in [2.45, 2.75) is 0 Å². The van der Waals surface area contributed by atoms with Gasteiger partial charge in [0.15, 0.2) is 34.9 Å². The van der Waals surface area contributed by atoms with Gasteiger partial charge in [0.25, 0.3) is 0 Å². The molecule has 0 N–H and O–H groups in total. The van der Waals surface area contributed by atoms with Crippen molar-refractivity contribution in [3.63, 3.8) is 0 Å². The maximum absolute atomic E-state index is 9.88. The van der Waals surface area contributed by atoms with Gasteiger partial charge in [-0.3, -0.25) is 0 Å². The predicted octanol–water partition coefficient (Wildman–Crippen LogP) is 21.8. The van der Waals surface area contributed by atoms with E-state index in [4.69, 9.17) is 29.9 Å². The van der Waals surface area contributed by atoms with Crippen molar-refractivity contribution >= 4 is 21.5 Å². The lowest BCUT2D eigenvalue weighted by Crippen LogP contribution is -2.00. The summed E-state index contributed by atoms with van der Waals surface area (Å²) in [5, 5.41) is 24.1. The first-order valence-electron chi connectivity index (χ1n) is 31.8. The van der Waals surface area contributed by atoms with E-state index in [9.17, 15) is 10.5 Å². The zero-order chi connectivity index (χ0) is 64.3. The highest BCUT2D eigenvalue weighted by Crippen LogP contribution is 2.44. The zero-order valence-corrected chi connectivity index (χ0v) is 51.8. The average Bonchev–Trinajstić information content (AvgIpc) is 0.787. The van der Waals surface area contributed by atoms with E-state index in [1.807, 2.05) is 140 Å². The molecule has 0 aliphatic carbocycles. The minimum atomic E-state index is 0.554. The molecular weight excluding hydrogens is 1170 g/mol. The van der Waals surface area contributed by atoms with Gasteiger partial charge in [0, 0.05) is 33.4 Å². The highest BCUT2D eigenvalue weighted by atomic mass is 15.0. The van der Waals surface area contributed by atoms with Crippen LogP contribution in [-0.4, -0.2) is 29.9 Å². The molecule has 2 heterocycles. The van der Waals surface area contributed by atoms with E-state index >= 15 is 0 Å². The summed E-state index contributed by atoms with van der Waals surface area (Å²) in [5.74, 6) is 3.47. The first-order valence-corrected chi connectivity index (χ1v) is 31.8. The fraction of sp³-hybridized carbons (Fsp3) is 0. The molecule has 0 aliphatic heterocycles. The van der Waals surface area contributed by atoms with Crippen LogP contribution in [-0.2, 0) is 0 Å². The molecular formula is C88H54N8. The second-order valence-corrected chi connectivity index (χ2v) is 23.5. The fourth-order valence-electron chi connectivity index (χ4n) is 12.9. The Morgan fingerprint density at radius 2 is 0.573 bits per heavy atom. The molecule has 96 heavy (non-hydrogen) atoms. The van der Waals surface area contributed by atoms with Crippen LogP contribution >= 0.6 is 0 Å². The van der Waals surface area contributed by atoms with Crippen LogP contribution in [0.3, 0.4) is 0 Å². The maximum atomic E-state index is 9.88. The van der Waals surface area contributed by atoms with Gasteiger partial charge < -0.3 is 0 Å². The molecule has 0 unspecified atom stereocenters. The Morgan fingerprint density at radius 3 is 1.12 bits per heavy atom. The van der Waals surface area contributed by atoms with Crippen LogP contribution in [0.25, 0.3) is 168 Å². The second-order valence-electron chi connectivity index (χ2n) is 23.5. The van der Waals surface area contributed by atoms with Gasteiger partial charge >= 0.3 is 0 Å². The lowest BCUT2D eigenvalue weighted by molar-refractivity contribution is 1.07. The summed E-state index contributed by atoms with van der Waals surface area (Å²) in [6, 6.07) is 117. The van der Waals surface area contributed by atoms with Crippen molar-refractivity contribution in [2.75, 3.05) is 0 Å². The van der Waals surface area contributed by atoms with Gasteiger partial charge in [-0.15, -0.1) is 0 Å². The predicted molar refractivity (Wildman–Crippen MR) is 388 cm³/mol. The summed E-state index contributed by atoms with van der Waals surface area (Å²) < 4.78 is 0. The van der Waals surface area contributed by atoms with Crippen LogP contribution in [0.2, 0.25) is 0 Å². The molecule has 8 nitrogen and oxygen atoms in total. The number of hydrogen-bond donors (Lipinski definition) is 0. The smallest absolute Gasteiger partial charge is 0.164 e. The molecule has 0 bridgehead atoms. The lowest BCUT2D eigenvalue weighted by atomic mass is 9.86. The Kier molecular flexibility index (Phi) is 15.2. The average molecular weight is 1220 g/mol. The molecule has 16 rings (SSSR count). The summed E-state index contributed by atoms with van der Waals surface area (Å²) in [6.07, 6.45) is 0. The molecule has 0 aliphatic rings. The maximum Gasteiger partial charge on any atom is 0.164 e. The van der Waals surface area contributed by atoms with E-state index in [1.165, 1.54) is 0 Å². The van der Waals surface area contributed by atoms with Crippen LogP contribution in [0.1, 0.15) is 11.1 Å². The minimum Gasteiger partial charge on any atom is -0.208 e. The molecule has 446 valence electrons. The van der Waals surface area contributed by atoms with Crippen LogP contribution in [0.15, 0.2) is 328 Å². The number of aromatic nitrogens is 6. The van der Waals surface area contributed by atoms with Crippen LogP contribution < -0.4 is 0 Å². The second kappa shape index (κ2) is 25.4. The van der Waals surface area contributed by atoms with Crippen LogP contribution in [0.5, 0.6) is 0 Å². The Balaban J connectivity index is 0.783. The standard InChI is InChI=1S/C88H54N8/c89-55-57-17-14-26-70(53-57)58-33-35-61(36-34-58)78-51-52-79-75(31-16-32-80(79)82(78)64-43-47-68(48-44-64)86-92-83(65-19-4-1-5-20-65)91-84(93-86)66-21-6-2-7-22-66)71-27-15-28-72(54-71)88-95-85(67-23-8-3-9-24-67)94-87(96-88)69-45-41-63(42-46-69)81-76-30-13-10-18-59(76)49-50-77(81)62-39-37-60(38-40-62)74-29-12-11-25-73(74)56-90/h1-54H. The third-order valence-electron chi connectivity index (χ3n) is 17.7. The van der Waals surface area contributed by atoms with Gasteiger partial charge in [0.05, 0.1) is 23.3 Å². The number of fused-ring (bicyclic) bond motifs is 2. The largest absolute Gasteiger partial charge is 0.208 e. The van der Waals surface area contributed by atoms with E-state index in [-0.39, 0.29) is 0 Å². The van der Waals surface area contributed by atoms with E-state index in [0.717, 1.165) is 133 Å². The van der Waals surface area contributed by atoms with E-state index < -0.39 is 0 Å². The quantitative estimate of drug-likeness (QED) is 0.112. The SMILES string of the molecule is N#Cc1cccc(-c2ccc(-c3ccc4c(-c5cccc(-c6nc(-c7ccccc7)nc(-c7ccc(-c8c(-c9ccc(-c%10ccccc%10C#N)cc9)ccc9ccccc89)cc7)n6)c5)cccc4c3-c3ccc(-c4nc(-c5ccccc5)nc(-c5ccccc5)n4)cc3)cc2)c1. The van der Waals surface area contributed by atoms with E-state index in [0.29, 0.717) is 46.1 Å². The Labute approximate surface area is 555 Å². The minimum absolute atomic E-state index is 0.554. The van der Waals surface area contributed by atoms with E-state index in [2.05, 4.69) is 200 Å². The first kappa shape index (κ1) is 57.7. The molecule has 0 fully saturated rings. The van der Waals surface area contributed by atoms with Crippen molar-refractivity contribution in [2.24, 2.45) is 0 Å². The van der Waals surface area contributed by atoms with Crippen molar-refractivity contribution in [1.82, 2.24) is 29.9 Å². The number of hydrogen-bond acceptors (Lipinski definition) is 8. The number of rotatable bonds is 13. The van der Waals surface area contributed by atoms with E-state index in [1.54, 1.807) is 0 Å². The van der Waals surface area contributed by atoms with Gasteiger partial charge in [-0.1, -0.05) is 303 Å². The Bertz CT molecular complexity index is 5630. The normalized spacial score (nSPS) is 11.1. The molecule has 16 aromatic rings. The molecule has 14 aromatic carbocycles. The van der Waals surface area contributed by atoms with Gasteiger partial charge in [-0.25, -0.2) is 29.9 Å². The molecule has 0 saturated carbocycles. The highest BCUT2D eigenvalue weighted by molar-refractivity contribution is 6.10. The number of nitrogens with zero attached hydrogens (tertiary/aromatic N) is 8. The molecule has 0 spiro atoms. The molecule has 0 radical (unpaired) electrons. The van der Waals surface area contributed by atoms with Gasteiger partial charge in [-0.2, -0.15) is 10.5 Å². The molecule has 0 amide bonds. The van der Waals surface area contributed by atoms with Crippen LogP contribution in [0, 0.1) is 22.7 Å². The lowest BCUT2D eigenvalue weighted by Gasteiger charge is -2.17. The summed E-state index contributed by atoms with van der Waals surface area (Å²) in [4.78, 5) is 30.8. The van der Waals surface area contributed by atoms with Crippen molar-refractivity contribution < 1.29 is 0 Å². The topological polar surface area (TPSA) is 125 Å². The summed E-state index contributed by atoms with van der Waals surface area (Å²) in [7, 11) is 0. The van der Waals surface area contributed by atoms with Crippen molar-refractivity contribution in [3.05, 3.63) is 339 Å². The Morgan fingerprint density at radius 1 is 0.198 bits per heavy atom. The third kappa shape index (κ3) is 11.3. The fourth-order valence-corrected chi connectivity index (χ4v) is 12.9. The molecule has 8 heteroatoms. The molecule has 0 saturated heterocycles. The van der Waals surface area contributed by atoms with Gasteiger partial charge in [-0.05, 0) is 124 Å². The monoisotopic (exact) mass is 1220 g/mol.